The number of halogens is 2. The van der Waals surface area contributed by atoms with Gasteiger partial charge in [-0.05, 0) is 55.6 Å². The van der Waals surface area contributed by atoms with Crippen LogP contribution in [-0.2, 0) is 14.8 Å². The second kappa shape index (κ2) is 10.2. The van der Waals surface area contributed by atoms with Crippen molar-refractivity contribution < 1.29 is 26.7 Å². The highest BCUT2D eigenvalue weighted by Gasteiger charge is 2.30. The summed E-state index contributed by atoms with van der Waals surface area (Å²) in [5.41, 5.74) is 0. The Balaban J connectivity index is 1.43. The van der Waals surface area contributed by atoms with Crippen molar-refractivity contribution in [2.45, 2.75) is 4.90 Å². The van der Waals surface area contributed by atoms with Gasteiger partial charge in [-0.2, -0.15) is 4.31 Å². The molecule has 168 valence electrons. The maximum absolute atomic E-state index is 13.1. The number of carbonyl (C=O) groups is 1. The van der Waals surface area contributed by atoms with E-state index < -0.39 is 15.8 Å². The molecule has 1 aliphatic rings. The molecule has 0 atom stereocenters. The first kappa shape index (κ1) is 23.1. The fourth-order valence-electron chi connectivity index (χ4n) is 3.19. The number of hydrogen-bond acceptors (Lipinski definition) is 5. The van der Waals surface area contributed by atoms with Crippen molar-refractivity contribution in [3.05, 3.63) is 60.2 Å². The van der Waals surface area contributed by atoms with Gasteiger partial charge >= 0.3 is 0 Å². The standard InChI is InChI=1S/C21H25F2N3O4S/c1-24(14-15-30-19-6-2-17(22)3-7-19)16-21(27)25-10-12-26(13-11-25)31(28,29)20-8-4-18(23)5-9-20/h2-9H,10-16H2,1H3. The predicted octanol–water partition coefficient (Wildman–Crippen LogP) is 1.81. The second-order valence-corrected chi connectivity index (χ2v) is 9.22. The van der Waals surface area contributed by atoms with Crippen molar-refractivity contribution in [2.24, 2.45) is 0 Å². The Morgan fingerprint density at radius 1 is 0.968 bits per heavy atom. The summed E-state index contributed by atoms with van der Waals surface area (Å²) in [5.74, 6) is -0.370. The zero-order chi connectivity index (χ0) is 22.4. The SMILES string of the molecule is CN(CCOc1ccc(F)cc1)CC(=O)N1CCN(S(=O)(=O)c2ccc(F)cc2)CC1. The molecule has 0 radical (unpaired) electrons. The minimum Gasteiger partial charge on any atom is -0.492 e. The summed E-state index contributed by atoms with van der Waals surface area (Å²) >= 11 is 0. The lowest BCUT2D eigenvalue weighted by Gasteiger charge is -2.34. The molecule has 31 heavy (non-hydrogen) atoms. The fourth-order valence-corrected chi connectivity index (χ4v) is 4.62. The predicted molar refractivity (Wildman–Crippen MR) is 111 cm³/mol. The molecule has 2 aromatic rings. The summed E-state index contributed by atoms with van der Waals surface area (Å²) in [6, 6.07) is 10.4. The van der Waals surface area contributed by atoms with E-state index in [0.29, 0.717) is 32.0 Å². The van der Waals surface area contributed by atoms with E-state index in [4.69, 9.17) is 4.74 Å². The highest BCUT2D eigenvalue weighted by Crippen LogP contribution is 2.18. The average molecular weight is 454 g/mol. The molecule has 0 saturated carbocycles. The number of sulfonamides is 1. The molecule has 10 heteroatoms. The number of piperazine rings is 1. The monoisotopic (exact) mass is 453 g/mol. The van der Waals surface area contributed by atoms with Crippen LogP contribution in [0.3, 0.4) is 0 Å². The third kappa shape index (κ3) is 6.22. The molecule has 1 saturated heterocycles. The minimum absolute atomic E-state index is 0.0366. The van der Waals surface area contributed by atoms with E-state index in [2.05, 4.69) is 0 Å². The maximum atomic E-state index is 13.1. The molecule has 0 spiro atoms. The van der Waals surface area contributed by atoms with Crippen LogP contribution in [0.15, 0.2) is 53.4 Å². The number of amides is 1. The van der Waals surface area contributed by atoms with Crippen molar-refractivity contribution >= 4 is 15.9 Å². The highest BCUT2D eigenvalue weighted by molar-refractivity contribution is 7.89. The Morgan fingerprint density at radius 2 is 1.52 bits per heavy atom. The summed E-state index contributed by atoms with van der Waals surface area (Å²) in [6.45, 7) is 1.97. The topological polar surface area (TPSA) is 70.2 Å². The van der Waals surface area contributed by atoms with Crippen molar-refractivity contribution in [3.63, 3.8) is 0 Å². The maximum Gasteiger partial charge on any atom is 0.243 e. The van der Waals surface area contributed by atoms with E-state index >= 15 is 0 Å². The number of benzene rings is 2. The molecule has 0 aromatic heterocycles. The van der Waals surface area contributed by atoms with Crippen LogP contribution in [0.2, 0.25) is 0 Å². The summed E-state index contributed by atoms with van der Waals surface area (Å²) in [5, 5.41) is 0. The number of likely N-dealkylation sites (N-methyl/N-ethyl adjacent to an activating group) is 1. The van der Waals surface area contributed by atoms with Gasteiger partial charge in [-0.1, -0.05) is 0 Å². The summed E-state index contributed by atoms with van der Waals surface area (Å²) in [4.78, 5) is 16.0. The van der Waals surface area contributed by atoms with Gasteiger partial charge in [0.25, 0.3) is 0 Å². The number of carbonyl (C=O) groups excluding carboxylic acids is 1. The van der Waals surface area contributed by atoms with E-state index in [1.165, 1.54) is 28.6 Å². The van der Waals surface area contributed by atoms with Crippen LogP contribution in [0.4, 0.5) is 8.78 Å². The lowest BCUT2D eigenvalue weighted by Crippen LogP contribution is -2.52. The first-order chi connectivity index (χ1) is 14.8. The number of rotatable bonds is 8. The van der Waals surface area contributed by atoms with E-state index in [0.717, 1.165) is 12.1 Å². The largest absolute Gasteiger partial charge is 0.492 e. The third-order valence-corrected chi connectivity index (χ3v) is 6.92. The van der Waals surface area contributed by atoms with Crippen LogP contribution in [0.25, 0.3) is 0 Å². The molecule has 1 fully saturated rings. The van der Waals surface area contributed by atoms with Crippen LogP contribution >= 0.6 is 0 Å². The average Bonchev–Trinajstić information content (AvgIpc) is 2.75. The lowest BCUT2D eigenvalue weighted by molar-refractivity contribution is -0.133. The van der Waals surface area contributed by atoms with Gasteiger partial charge < -0.3 is 9.64 Å². The van der Waals surface area contributed by atoms with Gasteiger partial charge in [0.15, 0.2) is 0 Å². The van der Waals surface area contributed by atoms with E-state index in [-0.39, 0.29) is 36.3 Å². The molecule has 0 N–H and O–H groups in total. The zero-order valence-electron chi connectivity index (χ0n) is 17.2. The van der Waals surface area contributed by atoms with Crippen molar-refractivity contribution in [1.82, 2.24) is 14.1 Å². The van der Waals surface area contributed by atoms with Gasteiger partial charge in [-0.15, -0.1) is 0 Å². The number of hydrogen-bond donors (Lipinski definition) is 0. The van der Waals surface area contributed by atoms with Gasteiger partial charge in [0.05, 0.1) is 11.4 Å². The highest BCUT2D eigenvalue weighted by atomic mass is 32.2. The first-order valence-corrected chi connectivity index (χ1v) is 11.3. The molecule has 7 nitrogen and oxygen atoms in total. The summed E-state index contributed by atoms with van der Waals surface area (Å²) < 4.78 is 58.1. The molecule has 2 aromatic carbocycles. The quantitative estimate of drug-likeness (QED) is 0.610. The van der Waals surface area contributed by atoms with Crippen LogP contribution in [0, 0.1) is 11.6 Å². The molecule has 1 aliphatic heterocycles. The summed E-state index contributed by atoms with van der Waals surface area (Å²) in [7, 11) is -1.92. The van der Waals surface area contributed by atoms with Crippen LogP contribution in [-0.4, -0.2) is 81.4 Å². The van der Waals surface area contributed by atoms with E-state index in [9.17, 15) is 22.0 Å². The number of nitrogens with zero attached hydrogens (tertiary/aromatic N) is 3. The smallest absolute Gasteiger partial charge is 0.243 e. The van der Waals surface area contributed by atoms with Crippen molar-refractivity contribution in [2.75, 3.05) is 52.9 Å². The Kier molecular flexibility index (Phi) is 7.58. The molecule has 3 rings (SSSR count). The molecular weight excluding hydrogens is 428 g/mol. The molecular formula is C21H25F2N3O4S. The molecule has 0 bridgehead atoms. The zero-order valence-corrected chi connectivity index (χ0v) is 18.0. The Hall–Kier alpha value is -2.56. The molecule has 0 aliphatic carbocycles. The first-order valence-electron chi connectivity index (χ1n) is 9.86. The molecule has 0 unspecified atom stereocenters. The van der Waals surface area contributed by atoms with E-state index in [1.807, 2.05) is 4.90 Å². The Labute approximate surface area is 180 Å². The van der Waals surface area contributed by atoms with Crippen molar-refractivity contribution in [1.29, 1.82) is 0 Å². The van der Waals surface area contributed by atoms with Gasteiger partial charge in [0, 0.05) is 32.7 Å². The second-order valence-electron chi connectivity index (χ2n) is 7.28. The lowest BCUT2D eigenvalue weighted by atomic mass is 10.3. The summed E-state index contributed by atoms with van der Waals surface area (Å²) in [6.07, 6.45) is 0. The van der Waals surface area contributed by atoms with Crippen LogP contribution in [0.1, 0.15) is 0 Å². The Morgan fingerprint density at radius 3 is 2.10 bits per heavy atom. The van der Waals surface area contributed by atoms with Crippen molar-refractivity contribution in [3.8, 4) is 5.75 Å². The normalized spacial score (nSPS) is 15.3. The molecule has 1 heterocycles. The Bertz CT molecular complexity index is 977. The van der Waals surface area contributed by atoms with Crippen LogP contribution < -0.4 is 4.74 Å². The van der Waals surface area contributed by atoms with E-state index in [1.54, 1.807) is 24.1 Å². The third-order valence-electron chi connectivity index (χ3n) is 5.00. The van der Waals surface area contributed by atoms with Gasteiger partial charge in [-0.25, -0.2) is 17.2 Å². The number of ether oxygens (including phenoxy) is 1. The van der Waals surface area contributed by atoms with Gasteiger partial charge in [-0.3, -0.25) is 9.69 Å². The van der Waals surface area contributed by atoms with Gasteiger partial charge in [0.1, 0.15) is 24.0 Å². The minimum atomic E-state index is -3.71. The fraction of sp³-hybridized carbons (Fsp3) is 0.381. The molecule has 1 amide bonds. The van der Waals surface area contributed by atoms with Crippen LogP contribution in [0.5, 0.6) is 5.75 Å². The van der Waals surface area contributed by atoms with Gasteiger partial charge in [0.2, 0.25) is 15.9 Å².